The van der Waals surface area contributed by atoms with Crippen molar-refractivity contribution in [2.24, 2.45) is 0 Å². The van der Waals surface area contributed by atoms with Crippen LogP contribution in [0.25, 0.3) is 0 Å². The van der Waals surface area contributed by atoms with Crippen LogP contribution in [-0.2, 0) is 17.7 Å². The maximum atomic E-state index is 11.5. The van der Waals surface area contributed by atoms with Crippen LogP contribution in [-0.4, -0.2) is 27.8 Å². The maximum Gasteiger partial charge on any atom is 0.373 e. The van der Waals surface area contributed by atoms with Crippen LogP contribution in [0.1, 0.15) is 40.2 Å². The van der Waals surface area contributed by atoms with Gasteiger partial charge in [-0.2, -0.15) is 5.10 Å². The van der Waals surface area contributed by atoms with Gasteiger partial charge in [0.05, 0.1) is 18.6 Å². The normalized spacial score (nSPS) is 10.7. The number of nitro groups is 1. The third-order valence-corrected chi connectivity index (χ3v) is 3.45. The third-order valence-electron chi connectivity index (χ3n) is 3.45. The Kier molecular flexibility index (Phi) is 4.30. The van der Waals surface area contributed by atoms with Gasteiger partial charge in [-0.1, -0.05) is 6.92 Å². The summed E-state index contributed by atoms with van der Waals surface area (Å²) in [5.41, 5.74) is 1.58. The van der Waals surface area contributed by atoms with E-state index in [1.54, 1.807) is 24.6 Å². The van der Waals surface area contributed by atoms with Crippen molar-refractivity contribution in [1.29, 1.82) is 0 Å². The number of methoxy groups -OCH3 is 1. The average Bonchev–Trinajstić information content (AvgIpc) is 2.99. The lowest BCUT2D eigenvalue weighted by Gasteiger charge is -2.03. The van der Waals surface area contributed by atoms with Gasteiger partial charge in [-0.05, 0) is 19.9 Å². The second-order valence-electron chi connectivity index (χ2n) is 4.84. The molecule has 0 aliphatic heterocycles. The van der Waals surface area contributed by atoms with E-state index < -0.39 is 10.9 Å². The van der Waals surface area contributed by atoms with Crippen molar-refractivity contribution in [3.8, 4) is 0 Å². The Bertz CT molecular complexity index is 729. The monoisotopic (exact) mass is 307 g/mol. The molecule has 0 radical (unpaired) electrons. The highest BCUT2D eigenvalue weighted by Crippen LogP contribution is 2.24. The number of hydrogen-bond acceptors (Lipinski definition) is 6. The largest absolute Gasteiger partial charge is 0.463 e. The molecule has 0 atom stereocenters. The van der Waals surface area contributed by atoms with Crippen LogP contribution >= 0.6 is 0 Å². The number of ether oxygens (including phenoxy) is 1. The standard InChI is InChI=1S/C14H17N3O5/c1-5-11-10(6-12(22-11)14(18)21-4)7-16-9(3)13(17(19)20)8(2)15-16/h6H,5,7H2,1-4H3. The zero-order valence-corrected chi connectivity index (χ0v) is 12.9. The lowest BCUT2D eigenvalue weighted by atomic mass is 10.2. The van der Waals surface area contributed by atoms with Gasteiger partial charge >= 0.3 is 11.7 Å². The Balaban J connectivity index is 2.39. The number of esters is 1. The van der Waals surface area contributed by atoms with E-state index in [9.17, 15) is 14.9 Å². The Morgan fingerprint density at radius 1 is 1.50 bits per heavy atom. The molecule has 2 aromatic heterocycles. The molecule has 0 fully saturated rings. The fourth-order valence-corrected chi connectivity index (χ4v) is 2.37. The first-order chi connectivity index (χ1) is 10.4. The highest BCUT2D eigenvalue weighted by atomic mass is 16.6. The molecule has 0 aliphatic rings. The second-order valence-corrected chi connectivity index (χ2v) is 4.84. The first kappa shape index (κ1) is 15.7. The summed E-state index contributed by atoms with van der Waals surface area (Å²) in [7, 11) is 1.28. The Morgan fingerprint density at radius 3 is 2.68 bits per heavy atom. The fraction of sp³-hybridized carbons (Fsp3) is 0.429. The SMILES string of the molecule is CCc1oc(C(=O)OC)cc1Cn1nc(C)c([N+](=O)[O-])c1C. The molecule has 0 unspecified atom stereocenters. The summed E-state index contributed by atoms with van der Waals surface area (Å²) in [5, 5.41) is 15.2. The molecular formula is C14H17N3O5. The van der Waals surface area contributed by atoms with E-state index >= 15 is 0 Å². The van der Waals surface area contributed by atoms with Crippen LogP contribution in [0.2, 0.25) is 0 Å². The minimum absolute atomic E-state index is 0.00901. The first-order valence-electron chi connectivity index (χ1n) is 6.77. The molecule has 0 saturated heterocycles. The van der Waals surface area contributed by atoms with Gasteiger partial charge in [0.2, 0.25) is 5.76 Å². The maximum absolute atomic E-state index is 11.5. The minimum atomic E-state index is -0.555. The molecule has 0 spiro atoms. The second kappa shape index (κ2) is 6.00. The van der Waals surface area contributed by atoms with Gasteiger partial charge < -0.3 is 9.15 Å². The number of hydrogen-bond donors (Lipinski definition) is 0. The number of carbonyl (C=O) groups excluding carboxylic acids is 1. The summed E-state index contributed by atoms with van der Waals surface area (Å²) >= 11 is 0. The number of nitrogens with zero attached hydrogens (tertiary/aromatic N) is 3. The fourth-order valence-electron chi connectivity index (χ4n) is 2.37. The van der Waals surface area contributed by atoms with E-state index in [0.29, 0.717) is 30.1 Å². The van der Waals surface area contributed by atoms with Crippen LogP contribution in [0.5, 0.6) is 0 Å². The summed E-state index contributed by atoms with van der Waals surface area (Å²) in [6, 6.07) is 1.59. The summed E-state index contributed by atoms with van der Waals surface area (Å²) in [4.78, 5) is 22.1. The Morgan fingerprint density at radius 2 is 2.18 bits per heavy atom. The van der Waals surface area contributed by atoms with Gasteiger partial charge in [0.15, 0.2) is 0 Å². The smallest absolute Gasteiger partial charge is 0.373 e. The molecule has 22 heavy (non-hydrogen) atoms. The third kappa shape index (κ3) is 2.72. The van der Waals surface area contributed by atoms with E-state index in [2.05, 4.69) is 9.84 Å². The zero-order chi connectivity index (χ0) is 16.4. The van der Waals surface area contributed by atoms with E-state index in [0.717, 1.165) is 5.56 Å². The molecule has 0 aliphatic carbocycles. The van der Waals surface area contributed by atoms with Crippen molar-refractivity contribution < 1.29 is 18.9 Å². The van der Waals surface area contributed by atoms with E-state index in [1.807, 2.05) is 6.92 Å². The molecular weight excluding hydrogens is 290 g/mol. The van der Waals surface area contributed by atoms with Gasteiger partial charge in [0, 0.05) is 12.0 Å². The van der Waals surface area contributed by atoms with Crippen molar-refractivity contribution in [3.05, 3.63) is 44.7 Å². The van der Waals surface area contributed by atoms with E-state index in [1.165, 1.54) is 7.11 Å². The lowest BCUT2D eigenvalue weighted by molar-refractivity contribution is -0.386. The molecule has 2 rings (SSSR count). The number of furan rings is 1. The van der Waals surface area contributed by atoms with Crippen LogP contribution in [0.4, 0.5) is 5.69 Å². The summed E-state index contributed by atoms with van der Waals surface area (Å²) in [6.45, 7) is 5.43. The molecule has 0 aromatic carbocycles. The van der Waals surface area contributed by atoms with Crippen LogP contribution in [0.15, 0.2) is 10.5 Å². The first-order valence-corrected chi connectivity index (χ1v) is 6.77. The summed E-state index contributed by atoms with van der Waals surface area (Å²) in [5.74, 6) is 0.196. The molecule has 0 N–H and O–H groups in total. The van der Waals surface area contributed by atoms with Gasteiger partial charge in [0.25, 0.3) is 0 Å². The topological polar surface area (TPSA) is 100 Å². The van der Waals surface area contributed by atoms with Crippen molar-refractivity contribution in [1.82, 2.24) is 9.78 Å². The van der Waals surface area contributed by atoms with Gasteiger partial charge in [-0.25, -0.2) is 4.79 Å². The van der Waals surface area contributed by atoms with Crippen molar-refractivity contribution in [2.75, 3.05) is 7.11 Å². The Hall–Kier alpha value is -2.64. The number of aromatic nitrogens is 2. The quantitative estimate of drug-likeness (QED) is 0.477. The molecule has 2 aromatic rings. The van der Waals surface area contributed by atoms with Crippen molar-refractivity contribution in [3.63, 3.8) is 0 Å². The van der Waals surface area contributed by atoms with Gasteiger partial charge in [0.1, 0.15) is 17.1 Å². The lowest BCUT2D eigenvalue weighted by Crippen LogP contribution is -2.05. The van der Waals surface area contributed by atoms with Gasteiger partial charge in [-0.3, -0.25) is 14.8 Å². The highest BCUT2D eigenvalue weighted by Gasteiger charge is 2.23. The molecule has 8 heteroatoms. The zero-order valence-electron chi connectivity index (χ0n) is 12.9. The highest BCUT2D eigenvalue weighted by molar-refractivity contribution is 5.86. The van der Waals surface area contributed by atoms with Gasteiger partial charge in [-0.15, -0.1) is 0 Å². The van der Waals surface area contributed by atoms with Crippen molar-refractivity contribution >= 4 is 11.7 Å². The number of carbonyl (C=O) groups is 1. The molecule has 2 heterocycles. The number of rotatable bonds is 5. The molecule has 8 nitrogen and oxygen atoms in total. The van der Waals surface area contributed by atoms with Crippen LogP contribution in [0.3, 0.4) is 0 Å². The van der Waals surface area contributed by atoms with Crippen LogP contribution in [0, 0.1) is 24.0 Å². The average molecular weight is 307 g/mol. The molecule has 118 valence electrons. The molecule has 0 bridgehead atoms. The minimum Gasteiger partial charge on any atom is -0.463 e. The number of aryl methyl sites for hydroxylation is 2. The molecule has 0 saturated carbocycles. The predicted octanol–water partition coefficient (Wildman–Crippen LogP) is 2.40. The Labute approximate surface area is 126 Å². The molecule has 0 amide bonds. The van der Waals surface area contributed by atoms with Crippen LogP contribution < -0.4 is 0 Å². The van der Waals surface area contributed by atoms with Crippen molar-refractivity contribution in [2.45, 2.75) is 33.7 Å². The van der Waals surface area contributed by atoms with E-state index in [-0.39, 0.29) is 11.4 Å². The summed E-state index contributed by atoms with van der Waals surface area (Å²) < 4.78 is 11.6. The van der Waals surface area contributed by atoms with E-state index in [4.69, 9.17) is 4.42 Å². The summed E-state index contributed by atoms with van der Waals surface area (Å²) in [6.07, 6.45) is 0.591. The predicted molar refractivity (Wildman–Crippen MR) is 76.9 cm³/mol.